The average Bonchev–Trinajstić information content (AvgIpc) is 3.12. The van der Waals surface area contributed by atoms with E-state index in [2.05, 4.69) is 0 Å². The van der Waals surface area contributed by atoms with Gasteiger partial charge in [0.1, 0.15) is 11.6 Å². The molecule has 1 aliphatic rings. The van der Waals surface area contributed by atoms with Crippen LogP contribution >= 0.6 is 7.82 Å². The fourth-order valence-corrected chi connectivity index (χ4v) is 6.12. The topological polar surface area (TPSA) is 78.9 Å². The first-order valence-electron chi connectivity index (χ1n) is 12.9. The third-order valence-electron chi connectivity index (χ3n) is 6.27. The molecule has 0 amide bonds. The van der Waals surface area contributed by atoms with Crippen LogP contribution in [0.3, 0.4) is 0 Å². The number of benzene rings is 2. The highest BCUT2D eigenvalue weighted by atomic mass is 32.2. The summed E-state index contributed by atoms with van der Waals surface area (Å²) in [6.07, 6.45) is 6.32. The van der Waals surface area contributed by atoms with Gasteiger partial charge < -0.3 is 0 Å². The molecule has 38 heavy (non-hydrogen) atoms. The van der Waals surface area contributed by atoms with E-state index in [1.54, 1.807) is 26.2 Å². The van der Waals surface area contributed by atoms with Gasteiger partial charge in [-0.2, -0.15) is 0 Å². The van der Waals surface area contributed by atoms with E-state index in [9.17, 15) is 18.0 Å². The Kier molecular flexibility index (Phi) is 11.4. The zero-order valence-corrected chi connectivity index (χ0v) is 24.2. The predicted molar refractivity (Wildman–Crippen MR) is 151 cm³/mol. The van der Waals surface area contributed by atoms with Crippen LogP contribution in [0.4, 0.5) is 4.39 Å². The molecule has 2 aromatic carbocycles. The molecule has 6 nitrogen and oxygen atoms in total. The minimum Gasteiger partial charge on any atom is -0.299 e. The van der Waals surface area contributed by atoms with E-state index in [4.69, 9.17) is 13.6 Å². The molecule has 0 aliphatic heterocycles. The highest BCUT2D eigenvalue weighted by Gasteiger charge is 2.26. The van der Waals surface area contributed by atoms with Crippen LogP contribution in [0.1, 0.15) is 69.6 Å². The molecular weight excluding hydrogens is 526 g/mol. The van der Waals surface area contributed by atoms with Crippen LogP contribution in [-0.4, -0.2) is 36.1 Å². The monoisotopic (exact) mass is 562 g/mol. The number of phosphoric ester groups is 1. The lowest BCUT2D eigenvalue weighted by atomic mass is 9.98. The molecule has 0 bridgehead atoms. The Hall–Kier alpha value is -2.22. The van der Waals surface area contributed by atoms with Crippen LogP contribution in [0.2, 0.25) is 0 Å². The molecule has 0 heterocycles. The molecular formula is C29H36FO6PS. The molecule has 9 heteroatoms. The van der Waals surface area contributed by atoms with Crippen molar-refractivity contribution in [2.45, 2.75) is 57.8 Å². The summed E-state index contributed by atoms with van der Waals surface area (Å²) in [5.74, 6) is -0.255. The molecule has 1 aliphatic carbocycles. The van der Waals surface area contributed by atoms with E-state index >= 15 is 0 Å². The Morgan fingerprint density at radius 1 is 0.974 bits per heavy atom. The highest BCUT2D eigenvalue weighted by molar-refractivity contribution is 7.84. The van der Waals surface area contributed by atoms with E-state index < -0.39 is 18.6 Å². The molecule has 0 spiro atoms. The highest BCUT2D eigenvalue weighted by Crippen LogP contribution is 2.49. The van der Waals surface area contributed by atoms with Crippen molar-refractivity contribution in [3.63, 3.8) is 0 Å². The predicted octanol–water partition coefficient (Wildman–Crippen LogP) is 7.61. The second kappa shape index (κ2) is 14.2. The lowest BCUT2D eigenvalue weighted by molar-refractivity contribution is -0.118. The van der Waals surface area contributed by atoms with E-state index in [-0.39, 0.29) is 37.8 Å². The molecule has 0 radical (unpaired) electrons. The third-order valence-corrected chi connectivity index (χ3v) is 8.86. The van der Waals surface area contributed by atoms with Gasteiger partial charge in [0.05, 0.1) is 19.8 Å². The third kappa shape index (κ3) is 8.14. The number of ketones is 1. The van der Waals surface area contributed by atoms with Crippen LogP contribution < -0.4 is 0 Å². The number of carbonyl (C=O) groups is 1. The van der Waals surface area contributed by atoms with Gasteiger partial charge in [-0.05, 0) is 97.4 Å². The van der Waals surface area contributed by atoms with Gasteiger partial charge >= 0.3 is 7.82 Å². The van der Waals surface area contributed by atoms with E-state index in [1.807, 2.05) is 37.3 Å². The summed E-state index contributed by atoms with van der Waals surface area (Å²) in [6.45, 7) is 6.11. The fourth-order valence-electron chi connectivity index (χ4n) is 4.39. The molecule has 3 rings (SSSR count). The van der Waals surface area contributed by atoms with Crippen molar-refractivity contribution in [3.05, 3.63) is 70.5 Å². The summed E-state index contributed by atoms with van der Waals surface area (Å²) in [5.41, 5.74) is 5.36. The van der Waals surface area contributed by atoms with Gasteiger partial charge in [-0.3, -0.25) is 22.6 Å². The number of carbonyl (C=O) groups excluding carboxylic acids is 1. The molecule has 1 atom stereocenters. The molecule has 0 fully saturated rings. The summed E-state index contributed by atoms with van der Waals surface area (Å²) < 4.78 is 53.7. The molecule has 0 aromatic heterocycles. The van der Waals surface area contributed by atoms with Crippen LogP contribution in [0, 0.1) is 5.82 Å². The fraction of sp³-hybridized carbons (Fsp3) is 0.414. The largest absolute Gasteiger partial charge is 0.474 e. The maximum Gasteiger partial charge on any atom is 0.474 e. The van der Waals surface area contributed by atoms with Crippen LogP contribution in [0.5, 0.6) is 0 Å². The summed E-state index contributed by atoms with van der Waals surface area (Å²) in [7, 11) is -4.56. The van der Waals surface area contributed by atoms with Crippen LogP contribution in [0.15, 0.2) is 52.9 Å². The Bertz CT molecular complexity index is 1260. The number of hydrogen-bond acceptors (Lipinski definition) is 6. The lowest BCUT2D eigenvalue weighted by Crippen LogP contribution is -2.03. The lowest BCUT2D eigenvalue weighted by Gasteiger charge is -2.16. The molecule has 0 saturated carbocycles. The summed E-state index contributed by atoms with van der Waals surface area (Å²) in [4.78, 5) is 13.6. The molecule has 206 valence electrons. The first-order valence-corrected chi connectivity index (χ1v) is 15.9. The van der Waals surface area contributed by atoms with Crippen LogP contribution in [0.25, 0.3) is 17.2 Å². The maximum absolute atomic E-state index is 14.2. The Labute approximate surface area is 227 Å². The average molecular weight is 563 g/mol. The van der Waals surface area contributed by atoms with Gasteiger partial charge in [0.25, 0.3) is 0 Å². The number of allylic oxidation sites excluding steroid dienone is 3. The van der Waals surface area contributed by atoms with E-state index in [0.717, 1.165) is 44.7 Å². The minimum absolute atomic E-state index is 0.0841. The minimum atomic E-state index is -3.51. The molecule has 1 unspecified atom stereocenters. The van der Waals surface area contributed by atoms with Crippen molar-refractivity contribution in [1.82, 2.24) is 0 Å². The number of Topliss-reactive ketones (excluding diaryl/α,β-unsaturated/α-hetero) is 1. The molecule has 2 aromatic rings. The van der Waals surface area contributed by atoms with Gasteiger partial charge in [-0.1, -0.05) is 24.6 Å². The zero-order chi connectivity index (χ0) is 27.7. The van der Waals surface area contributed by atoms with Crippen LogP contribution in [-0.2, 0) is 33.7 Å². The number of unbranched alkanes of at least 4 members (excludes halogenated alkanes) is 2. The number of rotatable bonds is 15. The number of phosphoric acid groups is 1. The van der Waals surface area contributed by atoms with Crippen molar-refractivity contribution in [3.8, 4) is 0 Å². The van der Waals surface area contributed by atoms with Crippen molar-refractivity contribution in [2.75, 3.05) is 26.1 Å². The van der Waals surface area contributed by atoms with Crippen molar-refractivity contribution >= 4 is 41.6 Å². The maximum atomic E-state index is 14.2. The normalized spacial score (nSPS) is 15.2. The summed E-state index contributed by atoms with van der Waals surface area (Å²) in [5, 5.41) is 0. The van der Waals surface area contributed by atoms with Gasteiger partial charge in [-0.15, -0.1) is 0 Å². The number of hydrogen-bond donors (Lipinski definition) is 0. The number of halogens is 1. The van der Waals surface area contributed by atoms with Gasteiger partial charge in [-0.25, -0.2) is 8.96 Å². The first kappa shape index (κ1) is 30.3. The molecule has 0 N–H and O–H groups in total. The van der Waals surface area contributed by atoms with Gasteiger partial charge in [0.2, 0.25) is 0 Å². The Morgan fingerprint density at radius 2 is 1.66 bits per heavy atom. The molecule has 0 saturated heterocycles. The Balaban J connectivity index is 1.63. The quantitative estimate of drug-likeness (QED) is 0.164. The van der Waals surface area contributed by atoms with Crippen molar-refractivity contribution in [1.29, 1.82) is 0 Å². The first-order chi connectivity index (χ1) is 18.2. The van der Waals surface area contributed by atoms with Crippen molar-refractivity contribution in [2.24, 2.45) is 0 Å². The standard InChI is InChI=1S/C29H36FO6PS/c1-5-34-37(32,35-6-2)36-17-9-7-8-10-24(31)20-28-21(3)27(26-16-13-23(30)19-29(26)28)18-22-11-14-25(15-12-22)38(4)33/h11-16,18-19H,5-10,17,20H2,1-4H3/b27-18-. The smallest absolute Gasteiger partial charge is 0.299 e. The second-order valence-corrected chi connectivity index (χ2v) is 12.1. The zero-order valence-electron chi connectivity index (χ0n) is 22.5. The summed E-state index contributed by atoms with van der Waals surface area (Å²) in [6, 6.07) is 12.2. The van der Waals surface area contributed by atoms with E-state index in [0.29, 0.717) is 19.3 Å². The van der Waals surface area contributed by atoms with Gasteiger partial charge in [0.15, 0.2) is 0 Å². The Morgan fingerprint density at radius 3 is 2.29 bits per heavy atom. The number of fused-ring (bicyclic) bond motifs is 1. The SMILES string of the molecule is CCOP(=O)(OCC)OCCCCCC(=O)CC1=C(C)/C(=C/c2ccc(S(C)=O)cc2)c2ccc(F)cc21. The van der Waals surface area contributed by atoms with E-state index in [1.165, 1.54) is 12.1 Å². The van der Waals surface area contributed by atoms with Crippen molar-refractivity contribution < 1.29 is 31.5 Å². The summed E-state index contributed by atoms with van der Waals surface area (Å²) >= 11 is 0. The second-order valence-electron chi connectivity index (χ2n) is 9.02. The van der Waals surface area contributed by atoms with Gasteiger partial charge in [0, 0.05) is 34.8 Å².